The maximum atomic E-state index is 12.7. The Bertz CT molecular complexity index is 594. The largest absolute Gasteiger partial charge is 0.496 e. The van der Waals surface area contributed by atoms with Gasteiger partial charge in [0.1, 0.15) is 5.75 Å². The smallest absolute Gasteiger partial charge is 0.290 e. The molecule has 22 heavy (non-hydrogen) atoms. The molecule has 2 rings (SSSR count). The lowest BCUT2D eigenvalue weighted by molar-refractivity contribution is 0.0511. The van der Waals surface area contributed by atoms with Crippen LogP contribution in [0.4, 0.5) is 0 Å². The van der Waals surface area contributed by atoms with Gasteiger partial charge in [-0.25, -0.2) is 0 Å². The summed E-state index contributed by atoms with van der Waals surface area (Å²) >= 11 is 0. The molecule has 118 valence electrons. The molecule has 5 nitrogen and oxygen atoms in total. The number of benzene rings is 1. The van der Waals surface area contributed by atoms with E-state index in [1.54, 1.807) is 31.3 Å². The summed E-state index contributed by atoms with van der Waals surface area (Å²) in [6.45, 7) is 2.81. The maximum absolute atomic E-state index is 12.7. The van der Waals surface area contributed by atoms with E-state index < -0.39 is 0 Å². The maximum Gasteiger partial charge on any atom is 0.290 e. The second-order valence-electron chi connectivity index (χ2n) is 5.03. The summed E-state index contributed by atoms with van der Waals surface area (Å²) in [6.07, 6.45) is 1.50. The number of amides is 1. The molecule has 0 unspecified atom stereocenters. The van der Waals surface area contributed by atoms with Crippen molar-refractivity contribution in [2.75, 3.05) is 20.8 Å². The fraction of sp³-hybridized carbons (Fsp3) is 0.353. The zero-order chi connectivity index (χ0) is 15.9. The normalized spacial score (nSPS) is 12.0. The number of furan rings is 1. The van der Waals surface area contributed by atoms with Gasteiger partial charge in [-0.2, -0.15) is 0 Å². The molecule has 0 aliphatic heterocycles. The predicted molar refractivity (Wildman–Crippen MR) is 82.9 cm³/mol. The number of methoxy groups -OCH3 is 2. The van der Waals surface area contributed by atoms with E-state index in [1.807, 2.05) is 31.2 Å². The molecule has 0 aliphatic rings. The first-order valence-electron chi connectivity index (χ1n) is 7.12. The van der Waals surface area contributed by atoms with E-state index in [9.17, 15) is 4.79 Å². The molecule has 0 saturated heterocycles. The van der Waals surface area contributed by atoms with Crippen LogP contribution >= 0.6 is 0 Å². The number of hydrogen-bond acceptors (Lipinski definition) is 4. The van der Waals surface area contributed by atoms with Crippen molar-refractivity contribution in [3.05, 3.63) is 54.0 Å². The van der Waals surface area contributed by atoms with Crippen LogP contribution in [0.15, 0.2) is 47.1 Å². The first kappa shape index (κ1) is 16.1. The third kappa shape index (κ3) is 3.68. The van der Waals surface area contributed by atoms with Crippen molar-refractivity contribution >= 4 is 5.91 Å². The summed E-state index contributed by atoms with van der Waals surface area (Å²) in [5.74, 6) is 0.905. The minimum absolute atomic E-state index is 0.0903. The topological polar surface area (TPSA) is 51.9 Å². The monoisotopic (exact) mass is 303 g/mol. The highest BCUT2D eigenvalue weighted by Gasteiger charge is 2.24. The predicted octanol–water partition coefficient (Wildman–Crippen LogP) is 2.97. The van der Waals surface area contributed by atoms with E-state index >= 15 is 0 Å². The average molecular weight is 303 g/mol. The third-order valence-corrected chi connectivity index (χ3v) is 3.47. The Labute approximate surface area is 130 Å². The van der Waals surface area contributed by atoms with Gasteiger partial charge in [0.2, 0.25) is 0 Å². The lowest BCUT2D eigenvalue weighted by atomic mass is 10.1. The van der Waals surface area contributed by atoms with E-state index in [0.717, 1.165) is 11.3 Å². The van der Waals surface area contributed by atoms with Crippen molar-refractivity contribution in [1.82, 2.24) is 4.90 Å². The van der Waals surface area contributed by atoms with Gasteiger partial charge in [-0.15, -0.1) is 0 Å². The Hall–Kier alpha value is -2.27. The molecule has 0 radical (unpaired) electrons. The van der Waals surface area contributed by atoms with Gasteiger partial charge in [-0.05, 0) is 25.1 Å². The van der Waals surface area contributed by atoms with Gasteiger partial charge < -0.3 is 18.8 Å². The standard InChI is InChI=1S/C17H21NO4/c1-13(12-20-2)18(17(19)16-9-6-10-22-16)11-14-7-4-5-8-15(14)21-3/h4-10,13H,11-12H2,1-3H3/t13-/m0/s1. The molecule has 0 aliphatic carbocycles. The highest BCUT2D eigenvalue weighted by molar-refractivity contribution is 5.91. The molecule has 1 aromatic heterocycles. The second-order valence-corrected chi connectivity index (χ2v) is 5.03. The highest BCUT2D eigenvalue weighted by Crippen LogP contribution is 2.22. The van der Waals surface area contributed by atoms with Gasteiger partial charge in [0, 0.05) is 12.7 Å². The molecule has 1 atom stereocenters. The Morgan fingerprint density at radius 1 is 1.23 bits per heavy atom. The number of carbonyl (C=O) groups excluding carboxylic acids is 1. The van der Waals surface area contributed by atoms with Crippen LogP contribution in [0.25, 0.3) is 0 Å². The Balaban J connectivity index is 2.26. The van der Waals surface area contributed by atoms with Gasteiger partial charge >= 0.3 is 0 Å². The van der Waals surface area contributed by atoms with Crippen molar-refractivity contribution in [2.45, 2.75) is 19.5 Å². The van der Waals surface area contributed by atoms with E-state index in [4.69, 9.17) is 13.9 Å². The first-order valence-corrected chi connectivity index (χ1v) is 7.12. The summed E-state index contributed by atoms with van der Waals surface area (Å²) in [4.78, 5) is 14.4. The highest BCUT2D eigenvalue weighted by atomic mass is 16.5. The van der Waals surface area contributed by atoms with Crippen molar-refractivity contribution in [2.24, 2.45) is 0 Å². The lowest BCUT2D eigenvalue weighted by Crippen LogP contribution is -2.40. The lowest BCUT2D eigenvalue weighted by Gasteiger charge is -2.28. The van der Waals surface area contributed by atoms with Gasteiger partial charge in [-0.1, -0.05) is 18.2 Å². The molecule has 1 aromatic carbocycles. The van der Waals surface area contributed by atoms with E-state index in [2.05, 4.69) is 0 Å². The molecular formula is C17H21NO4. The molecular weight excluding hydrogens is 282 g/mol. The van der Waals surface area contributed by atoms with Crippen LogP contribution in [0.2, 0.25) is 0 Å². The number of ether oxygens (including phenoxy) is 2. The van der Waals surface area contributed by atoms with Crippen LogP contribution in [-0.4, -0.2) is 37.7 Å². The van der Waals surface area contributed by atoms with Crippen molar-refractivity contribution in [3.8, 4) is 5.75 Å². The molecule has 0 fully saturated rings. The molecule has 1 heterocycles. The van der Waals surface area contributed by atoms with Gasteiger partial charge in [0.05, 0.1) is 32.6 Å². The van der Waals surface area contributed by atoms with Gasteiger partial charge in [0.25, 0.3) is 5.91 Å². The van der Waals surface area contributed by atoms with E-state index in [0.29, 0.717) is 18.9 Å². The van der Waals surface area contributed by atoms with Crippen LogP contribution < -0.4 is 4.74 Å². The number of para-hydroxylation sites is 1. The summed E-state index contributed by atoms with van der Waals surface area (Å²) in [7, 11) is 3.24. The van der Waals surface area contributed by atoms with Crippen molar-refractivity contribution in [3.63, 3.8) is 0 Å². The minimum Gasteiger partial charge on any atom is -0.496 e. The molecule has 0 N–H and O–H groups in total. The SMILES string of the molecule is COC[C@H](C)N(Cc1ccccc1OC)C(=O)c1ccco1. The molecule has 5 heteroatoms. The quantitative estimate of drug-likeness (QED) is 0.789. The fourth-order valence-corrected chi connectivity index (χ4v) is 2.32. The molecule has 0 saturated carbocycles. The van der Waals surface area contributed by atoms with Gasteiger partial charge in [0.15, 0.2) is 5.76 Å². The second kappa shape index (κ2) is 7.66. The number of carbonyl (C=O) groups is 1. The Kier molecular flexibility index (Phi) is 5.61. The summed E-state index contributed by atoms with van der Waals surface area (Å²) in [5.41, 5.74) is 0.938. The Morgan fingerprint density at radius 3 is 2.64 bits per heavy atom. The summed E-state index contributed by atoms with van der Waals surface area (Å²) in [5, 5.41) is 0. The third-order valence-electron chi connectivity index (χ3n) is 3.47. The molecule has 0 bridgehead atoms. The van der Waals surface area contributed by atoms with Crippen molar-refractivity contribution < 1.29 is 18.7 Å². The zero-order valence-corrected chi connectivity index (χ0v) is 13.1. The Morgan fingerprint density at radius 2 is 2.00 bits per heavy atom. The van der Waals surface area contributed by atoms with E-state index in [1.165, 1.54) is 6.26 Å². The fourth-order valence-electron chi connectivity index (χ4n) is 2.32. The number of nitrogens with zero attached hydrogens (tertiary/aromatic N) is 1. The van der Waals surface area contributed by atoms with Gasteiger partial charge in [-0.3, -0.25) is 4.79 Å². The molecule has 2 aromatic rings. The zero-order valence-electron chi connectivity index (χ0n) is 13.1. The van der Waals surface area contributed by atoms with Crippen molar-refractivity contribution in [1.29, 1.82) is 0 Å². The summed E-state index contributed by atoms with van der Waals surface area (Å²) < 4.78 is 15.8. The first-order chi connectivity index (χ1) is 10.7. The van der Waals surface area contributed by atoms with Crippen LogP contribution in [0.1, 0.15) is 23.0 Å². The van der Waals surface area contributed by atoms with E-state index in [-0.39, 0.29) is 11.9 Å². The van der Waals surface area contributed by atoms with Crippen LogP contribution in [0.5, 0.6) is 5.75 Å². The minimum atomic E-state index is -0.166. The van der Waals surface area contributed by atoms with Crippen LogP contribution in [0, 0.1) is 0 Å². The number of hydrogen-bond donors (Lipinski definition) is 0. The number of rotatable bonds is 7. The summed E-state index contributed by atoms with van der Waals surface area (Å²) in [6, 6.07) is 10.9. The van der Waals surface area contributed by atoms with Crippen LogP contribution in [0.3, 0.4) is 0 Å². The van der Waals surface area contributed by atoms with Crippen LogP contribution in [-0.2, 0) is 11.3 Å². The average Bonchev–Trinajstić information content (AvgIpc) is 3.07. The molecule has 1 amide bonds. The molecule has 0 spiro atoms.